The Hall–Kier alpha value is -7.47. The smallest absolute Gasteiger partial charge is 0.166 e. The molecule has 4 nitrogen and oxygen atoms in total. The van der Waals surface area contributed by atoms with E-state index >= 15 is 0 Å². The Balaban J connectivity index is 1.15. The van der Waals surface area contributed by atoms with Crippen LogP contribution in [0.3, 0.4) is 0 Å². The van der Waals surface area contributed by atoms with E-state index < -0.39 is 0 Å². The third kappa shape index (κ3) is 5.25. The molecule has 0 saturated carbocycles. The van der Waals surface area contributed by atoms with Crippen LogP contribution in [0.25, 0.3) is 115 Å². The normalized spacial score (nSPS) is 11.8. The monoisotopic (exact) mass is 756 g/mol. The van der Waals surface area contributed by atoms with Gasteiger partial charge in [0, 0.05) is 42.1 Å². The molecule has 3 heterocycles. The Kier molecular flexibility index (Phi) is 7.37. The summed E-state index contributed by atoms with van der Waals surface area (Å²) in [7, 11) is 0. The van der Waals surface area contributed by atoms with Crippen LogP contribution in [0.5, 0.6) is 0 Å². The van der Waals surface area contributed by atoms with Gasteiger partial charge in [0.05, 0.1) is 22.3 Å². The molecule has 12 aromatic rings. The van der Waals surface area contributed by atoms with Gasteiger partial charge in [0.2, 0.25) is 0 Å². The zero-order valence-corrected chi connectivity index (χ0v) is 32.0. The average molecular weight is 757 g/mol. The van der Waals surface area contributed by atoms with Gasteiger partial charge < -0.3 is 4.57 Å². The quantitative estimate of drug-likeness (QED) is 0.176. The van der Waals surface area contributed by atoms with E-state index in [4.69, 9.17) is 15.0 Å². The second kappa shape index (κ2) is 13.1. The fraction of sp³-hybridized carbons (Fsp3) is 0. The first-order chi connectivity index (χ1) is 28.7. The molecule has 0 bridgehead atoms. The number of fused-ring (bicyclic) bond motifs is 8. The highest BCUT2D eigenvalue weighted by atomic mass is 32.1. The maximum atomic E-state index is 5.43. The number of rotatable bonds is 5. The molecule has 0 fully saturated rings. The molecule has 0 aliphatic carbocycles. The summed E-state index contributed by atoms with van der Waals surface area (Å²) in [5.74, 6) is 1.89. The van der Waals surface area contributed by atoms with Crippen molar-refractivity contribution in [3.8, 4) is 51.0 Å². The van der Waals surface area contributed by atoms with E-state index in [2.05, 4.69) is 193 Å². The summed E-state index contributed by atoms with van der Waals surface area (Å²) in [6.45, 7) is 0. The maximum absolute atomic E-state index is 5.43. The van der Waals surface area contributed by atoms with Gasteiger partial charge in [-0.1, -0.05) is 146 Å². The number of hydrogen-bond donors (Lipinski definition) is 0. The zero-order valence-electron chi connectivity index (χ0n) is 31.2. The number of benzene rings is 9. The van der Waals surface area contributed by atoms with Crippen molar-refractivity contribution in [1.29, 1.82) is 0 Å². The molecule has 0 aliphatic rings. The third-order valence-electron chi connectivity index (χ3n) is 11.4. The van der Waals surface area contributed by atoms with E-state index in [1.807, 2.05) is 17.4 Å². The summed E-state index contributed by atoms with van der Waals surface area (Å²) in [6, 6.07) is 69.2. The lowest BCUT2D eigenvalue weighted by molar-refractivity contribution is 1.07. The van der Waals surface area contributed by atoms with Gasteiger partial charge in [0.25, 0.3) is 0 Å². The highest BCUT2D eigenvalue weighted by molar-refractivity contribution is 7.25. The Labute approximate surface area is 338 Å². The van der Waals surface area contributed by atoms with Gasteiger partial charge in [-0.05, 0) is 81.2 Å². The minimum absolute atomic E-state index is 0.626. The molecule has 0 atom stereocenters. The Morgan fingerprint density at radius 3 is 1.74 bits per heavy atom. The Morgan fingerprint density at radius 1 is 0.328 bits per heavy atom. The van der Waals surface area contributed by atoms with Crippen LogP contribution in [-0.2, 0) is 0 Å². The number of nitrogens with zero attached hydrogens (tertiary/aromatic N) is 4. The molecule has 58 heavy (non-hydrogen) atoms. The summed E-state index contributed by atoms with van der Waals surface area (Å²) in [6.07, 6.45) is 0. The Bertz CT molecular complexity index is 3560. The molecular formula is C53H32N4S. The van der Waals surface area contributed by atoms with Crippen LogP contribution in [0.2, 0.25) is 0 Å². The molecule has 0 aliphatic heterocycles. The molecule has 0 unspecified atom stereocenters. The minimum atomic E-state index is 0.626. The lowest BCUT2D eigenvalue weighted by atomic mass is 10.0. The van der Waals surface area contributed by atoms with Crippen LogP contribution in [0.1, 0.15) is 0 Å². The molecule has 0 radical (unpaired) electrons. The number of para-hydroxylation sites is 1. The van der Waals surface area contributed by atoms with Crippen molar-refractivity contribution in [3.05, 3.63) is 194 Å². The van der Waals surface area contributed by atoms with E-state index in [0.717, 1.165) is 49.7 Å². The molecule has 12 rings (SSSR count). The SMILES string of the molecule is c1ccc(-c2ccc(-c3nc(-c4ccc5sc6ccccc6c5c4)nc(-c4c(-n5c6ccccc6c6cc7ccccc7cc65)ccc5ccccc45)n3)cc2)cc1. The van der Waals surface area contributed by atoms with Gasteiger partial charge in [-0.25, -0.2) is 15.0 Å². The van der Waals surface area contributed by atoms with Gasteiger partial charge in [0.1, 0.15) is 0 Å². The summed E-state index contributed by atoms with van der Waals surface area (Å²) >= 11 is 1.81. The summed E-state index contributed by atoms with van der Waals surface area (Å²) in [5, 5.41) is 9.47. The predicted molar refractivity (Wildman–Crippen MR) is 244 cm³/mol. The van der Waals surface area contributed by atoms with Gasteiger partial charge >= 0.3 is 0 Å². The van der Waals surface area contributed by atoms with E-state index in [0.29, 0.717) is 17.5 Å². The lowest BCUT2D eigenvalue weighted by Gasteiger charge is -2.17. The number of hydrogen-bond acceptors (Lipinski definition) is 4. The fourth-order valence-electron chi connectivity index (χ4n) is 8.65. The minimum Gasteiger partial charge on any atom is -0.308 e. The lowest BCUT2D eigenvalue weighted by Crippen LogP contribution is -2.04. The largest absolute Gasteiger partial charge is 0.308 e. The first-order valence-electron chi connectivity index (χ1n) is 19.5. The molecular weight excluding hydrogens is 725 g/mol. The third-order valence-corrected chi connectivity index (χ3v) is 12.6. The molecule has 0 saturated heterocycles. The highest BCUT2D eigenvalue weighted by Crippen LogP contribution is 2.42. The van der Waals surface area contributed by atoms with Crippen LogP contribution in [-0.4, -0.2) is 19.5 Å². The summed E-state index contributed by atoms with van der Waals surface area (Å²) in [4.78, 5) is 16.1. The highest BCUT2D eigenvalue weighted by Gasteiger charge is 2.22. The number of thiophene rings is 1. The van der Waals surface area contributed by atoms with Gasteiger partial charge in [-0.15, -0.1) is 11.3 Å². The van der Waals surface area contributed by atoms with E-state index in [1.54, 1.807) is 0 Å². The van der Waals surface area contributed by atoms with Crippen LogP contribution < -0.4 is 0 Å². The van der Waals surface area contributed by atoms with Crippen molar-refractivity contribution >= 4 is 74.9 Å². The molecule has 270 valence electrons. The molecule has 3 aromatic heterocycles. The summed E-state index contributed by atoms with van der Waals surface area (Å²) < 4.78 is 4.91. The average Bonchev–Trinajstić information content (AvgIpc) is 3.83. The molecule has 5 heteroatoms. The van der Waals surface area contributed by atoms with E-state index in [-0.39, 0.29) is 0 Å². The molecule has 0 N–H and O–H groups in total. The fourth-order valence-corrected chi connectivity index (χ4v) is 9.74. The van der Waals surface area contributed by atoms with Crippen molar-refractivity contribution in [2.24, 2.45) is 0 Å². The van der Waals surface area contributed by atoms with Crippen LogP contribution in [0.4, 0.5) is 0 Å². The predicted octanol–water partition coefficient (Wildman–Crippen LogP) is 14.3. The van der Waals surface area contributed by atoms with Crippen molar-refractivity contribution in [2.75, 3.05) is 0 Å². The molecule has 0 amide bonds. The van der Waals surface area contributed by atoms with Crippen molar-refractivity contribution < 1.29 is 0 Å². The van der Waals surface area contributed by atoms with Crippen LogP contribution >= 0.6 is 11.3 Å². The maximum Gasteiger partial charge on any atom is 0.166 e. The Morgan fingerprint density at radius 2 is 0.914 bits per heavy atom. The van der Waals surface area contributed by atoms with E-state index in [9.17, 15) is 0 Å². The first-order valence-corrected chi connectivity index (χ1v) is 20.3. The standard InChI is InChI=1S/C53H32N4S/c1-2-12-33(13-3-1)34-22-24-36(25-23-34)51-54-52(39-27-29-49-44(31-39)42-19-9-11-21-48(42)58-49)56-53(55-51)50-40-17-7-6-14-35(40)26-28-46(50)57-45-20-10-8-18-41(45)43-30-37-15-4-5-16-38(37)32-47(43)57/h1-32H. The van der Waals surface area contributed by atoms with E-state index in [1.165, 1.54) is 47.3 Å². The van der Waals surface area contributed by atoms with Gasteiger partial charge in [0.15, 0.2) is 17.5 Å². The molecule has 9 aromatic carbocycles. The van der Waals surface area contributed by atoms with Crippen molar-refractivity contribution in [3.63, 3.8) is 0 Å². The summed E-state index contributed by atoms with van der Waals surface area (Å²) in [5.41, 5.74) is 8.43. The van der Waals surface area contributed by atoms with Crippen molar-refractivity contribution in [1.82, 2.24) is 19.5 Å². The zero-order chi connectivity index (χ0) is 38.2. The number of aromatic nitrogens is 4. The van der Waals surface area contributed by atoms with Gasteiger partial charge in [-0.3, -0.25) is 0 Å². The second-order valence-electron chi connectivity index (χ2n) is 14.8. The topological polar surface area (TPSA) is 43.6 Å². The van der Waals surface area contributed by atoms with Crippen LogP contribution in [0.15, 0.2) is 194 Å². The van der Waals surface area contributed by atoms with Gasteiger partial charge in [-0.2, -0.15) is 0 Å². The van der Waals surface area contributed by atoms with Crippen LogP contribution in [0, 0.1) is 0 Å². The van der Waals surface area contributed by atoms with Crippen molar-refractivity contribution in [2.45, 2.75) is 0 Å². The first kappa shape index (κ1) is 32.7. The molecule has 0 spiro atoms. The second-order valence-corrected chi connectivity index (χ2v) is 15.9.